The highest BCUT2D eigenvalue weighted by atomic mass is 19.1. The molecule has 1 N–H and O–H groups in total. The maximum Gasteiger partial charge on any atom is 0.253 e. The first-order chi connectivity index (χ1) is 17.1. The van der Waals surface area contributed by atoms with Gasteiger partial charge in [0.1, 0.15) is 28.9 Å². The fourth-order valence-corrected chi connectivity index (χ4v) is 4.79. The van der Waals surface area contributed by atoms with E-state index in [0.717, 1.165) is 11.3 Å². The Kier molecular flexibility index (Phi) is 5.73. The predicted molar refractivity (Wildman–Crippen MR) is 128 cm³/mol. The summed E-state index contributed by atoms with van der Waals surface area (Å²) in [5.41, 5.74) is 1.46. The third-order valence-corrected chi connectivity index (χ3v) is 6.33. The van der Waals surface area contributed by atoms with Crippen molar-refractivity contribution in [2.24, 2.45) is 0 Å². The summed E-state index contributed by atoms with van der Waals surface area (Å²) in [7, 11) is 0. The molecule has 3 heterocycles. The van der Waals surface area contributed by atoms with Crippen LogP contribution >= 0.6 is 0 Å². The van der Waals surface area contributed by atoms with Gasteiger partial charge in [-0.2, -0.15) is 5.10 Å². The number of nitrogens with one attached hydrogen (secondary N) is 1. The van der Waals surface area contributed by atoms with Gasteiger partial charge in [0.15, 0.2) is 5.65 Å². The van der Waals surface area contributed by atoms with Gasteiger partial charge < -0.3 is 10.1 Å². The van der Waals surface area contributed by atoms with Crippen molar-refractivity contribution in [2.45, 2.75) is 45.6 Å². The van der Waals surface area contributed by atoms with Crippen molar-refractivity contribution < 1.29 is 22.7 Å². The first-order valence-electron chi connectivity index (χ1n) is 11.6. The Morgan fingerprint density at radius 3 is 2.53 bits per heavy atom. The van der Waals surface area contributed by atoms with Gasteiger partial charge in [-0.15, -0.1) is 0 Å². The van der Waals surface area contributed by atoms with Crippen molar-refractivity contribution in [3.63, 3.8) is 0 Å². The molecular formula is C27H25F3N4O2. The predicted octanol–water partition coefficient (Wildman–Crippen LogP) is 5.67. The van der Waals surface area contributed by atoms with E-state index < -0.39 is 28.4 Å². The van der Waals surface area contributed by atoms with E-state index in [2.05, 4.69) is 15.4 Å². The lowest BCUT2D eigenvalue weighted by molar-refractivity contribution is 0.0922. The topological polar surface area (TPSA) is 68.5 Å². The van der Waals surface area contributed by atoms with E-state index in [1.807, 2.05) is 45.0 Å². The minimum atomic E-state index is -1.06. The molecule has 1 atom stereocenters. The number of para-hydroxylation sites is 1. The Morgan fingerprint density at radius 2 is 1.83 bits per heavy atom. The molecule has 1 amide bonds. The van der Waals surface area contributed by atoms with Crippen molar-refractivity contribution >= 4 is 11.6 Å². The van der Waals surface area contributed by atoms with Crippen LogP contribution in [-0.2, 0) is 5.41 Å². The molecule has 0 unspecified atom stereocenters. The van der Waals surface area contributed by atoms with Crippen LogP contribution in [-0.4, -0.2) is 27.1 Å². The second-order valence-corrected chi connectivity index (χ2v) is 9.91. The zero-order valence-electron chi connectivity index (χ0n) is 20.3. The number of ether oxygens (including phenoxy) is 1. The second kappa shape index (κ2) is 8.65. The Balaban J connectivity index is 1.64. The summed E-state index contributed by atoms with van der Waals surface area (Å²) in [4.78, 5) is 18.1. The minimum absolute atomic E-state index is 0.0656. The zero-order valence-corrected chi connectivity index (χ0v) is 20.3. The fourth-order valence-electron chi connectivity index (χ4n) is 4.79. The first kappa shape index (κ1) is 23.8. The lowest BCUT2D eigenvalue weighted by atomic mass is 9.84. The smallest absolute Gasteiger partial charge is 0.253 e. The lowest BCUT2D eigenvalue weighted by Gasteiger charge is -2.28. The summed E-state index contributed by atoms with van der Waals surface area (Å²) in [6.45, 7) is 7.84. The summed E-state index contributed by atoms with van der Waals surface area (Å²) < 4.78 is 49.9. The zero-order chi connectivity index (χ0) is 25.8. The van der Waals surface area contributed by atoms with Gasteiger partial charge in [0.2, 0.25) is 0 Å². The normalized spacial score (nSPS) is 15.5. The molecular weight excluding hydrogens is 469 g/mol. The molecule has 1 aliphatic rings. The summed E-state index contributed by atoms with van der Waals surface area (Å²) in [5, 5.41) is 7.45. The summed E-state index contributed by atoms with van der Waals surface area (Å²) in [6.07, 6.45) is 2.00. The van der Waals surface area contributed by atoms with Crippen LogP contribution in [0.2, 0.25) is 0 Å². The maximum absolute atomic E-state index is 14.7. The number of hydrogen-bond acceptors (Lipinski definition) is 4. The molecule has 0 radical (unpaired) electrons. The molecule has 36 heavy (non-hydrogen) atoms. The van der Waals surface area contributed by atoms with Gasteiger partial charge in [-0.1, -0.05) is 39.0 Å². The van der Waals surface area contributed by atoms with Gasteiger partial charge in [0.25, 0.3) is 5.91 Å². The Hall–Kier alpha value is -3.88. The molecule has 2 aromatic heterocycles. The maximum atomic E-state index is 14.7. The third-order valence-electron chi connectivity index (χ3n) is 6.33. The van der Waals surface area contributed by atoms with Crippen LogP contribution in [0.1, 0.15) is 60.4 Å². The van der Waals surface area contributed by atoms with Crippen molar-refractivity contribution in [1.82, 2.24) is 19.9 Å². The van der Waals surface area contributed by atoms with Crippen LogP contribution in [0, 0.1) is 24.4 Å². The van der Waals surface area contributed by atoms with E-state index in [4.69, 9.17) is 4.74 Å². The van der Waals surface area contributed by atoms with Crippen LogP contribution < -0.4 is 10.1 Å². The number of imidazole rings is 1. The van der Waals surface area contributed by atoms with Crippen molar-refractivity contribution in [2.75, 3.05) is 6.61 Å². The summed E-state index contributed by atoms with van der Waals surface area (Å²) >= 11 is 0. The van der Waals surface area contributed by atoms with Crippen molar-refractivity contribution in [3.8, 4) is 17.0 Å². The number of carbonyl (C=O) groups is 1. The van der Waals surface area contributed by atoms with Crippen LogP contribution in [0.5, 0.6) is 5.75 Å². The number of hydrogen-bond donors (Lipinski definition) is 1. The Bertz CT molecular complexity index is 1480. The van der Waals surface area contributed by atoms with Crippen LogP contribution in [0.3, 0.4) is 0 Å². The summed E-state index contributed by atoms with van der Waals surface area (Å²) in [5.74, 6) is -2.74. The average molecular weight is 495 g/mol. The molecule has 1 aliphatic heterocycles. The monoisotopic (exact) mass is 494 g/mol. The number of rotatable bonds is 3. The molecule has 0 spiro atoms. The number of halogens is 3. The number of aryl methyl sites for hydroxylation is 1. The van der Waals surface area contributed by atoms with Gasteiger partial charge in [-0.3, -0.25) is 4.79 Å². The van der Waals surface area contributed by atoms with Crippen molar-refractivity contribution in [1.29, 1.82) is 0 Å². The Labute approximate surface area is 206 Å². The van der Waals surface area contributed by atoms with Crippen LogP contribution in [0.25, 0.3) is 16.9 Å². The molecule has 0 fully saturated rings. The van der Waals surface area contributed by atoms with E-state index in [1.165, 1.54) is 10.7 Å². The standard InChI is InChI=1S/C27H25F3N4O2/c1-14-24(22-18(29)11-15(28)12-19(22)30)34-25(32-14)23(27(2,3)4)17(13-31-34)26(35)33-20-9-10-36-21-8-6-5-7-16(20)21/h5-8,11-13,20H,9-10H2,1-4H3,(H,33,35)/t20-/m0/s1. The van der Waals surface area contributed by atoms with E-state index in [1.54, 1.807) is 6.92 Å². The number of fused-ring (bicyclic) bond motifs is 2. The molecule has 186 valence electrons. The molecule has 0 aliphatic carbocycles. The molecule has 5 rings (SSSR count). The van der Waals surface area contributed by atoms with E-state index in [9.17, 15) is 18.0 Å². The molecule has 0 saturated heterocycles. The van der Waals surface area contributed by atoms with Gasteiger partial charge in [0.05, 0.1) is 35.7 Å². The molecule has 9 heteroatoms. The number of benzene rings is 2. The van der Waals surface area contributed by atoms with Gasteiger partial charge in [-0.25, -0.2) is 22.7 Å². The minimum Gasteiger partial charge on any atom is -0.493 e. The van der Waals surface area contributed by atoms with Crippen LogP contribution in [0.4, 0.5) is 13.2 Å². The Morgan fingerprint density at radius 1 is 1.14 bits per heavy atom. The van der Waals surface area contributed by atoms with E-state index >= 15 is 0 Å². The molecule has 6 nitrogen and oxygen atoms in total. The largest absolute Gasteiger partial charge is 0.493 e. The summed E-state index contributed by atoms with van der Waals surface area (Å²) in [6, 6.07) is 8.55. The lowest BCUT2D eigenvalue weighted by Crippen LogP contribution is -2.34. The fraction of sp³-hybridized carbons (Fsp3) is 0.296. The van der Waals surface area contributed by atoms with Crippen molar-refractivity contribution in [3.05, 3.63) is 82.4 Å². The highest BCUT2D eigenvalue weighted by Crippen LogP contribution is 2.36. The molecule has 2 aromatic carbocycles. The average Bonchev–Trinajstić information content (AvgIpc) is 3.13. The van der Waals surface area contributed by atoms with Crippen LogP contribution in [0.15, 0.2) is 42.6 Å². The second-order valence-electron chi connectivity index (χ2n) is 9.91. The number of amides is 1. The quantitative estimate of drug-likeness (QED) is 0.398. The number of carbonyl (C=O) groups excluding carboxylic acids is 1. The van der Waals surface area contributed by atoms with E-state index in [0.29, 0.717) is 47.6 Å². The molecule has 0 bridgehead atoms. The third kappa shape index (κ3) is 3.98. The van der Waals surface area contributed by atoms with Gasteiger partial charge in [-0.05, 0) is 18.4 Å². The highest BCUT2D eigenvalue weighted by molar-refractivity contribution is 5.97. The number of nitrogens with zero attached hydrogens (tertiary/aromatic N) is 3. The molecule has 0 saturated carbocycles. The van der Waals surface area contributed by atoms with E-state index in [-0.39, 0.29) is 17.6 Å². The molecule has 4 aromatic rings. The number of aromatic nitrogens is 3. The SMILES string of the molecule is Cc1nc2c(C(C)(C)C)c(C(=O)N[C@H]3CCOc4ccccc43)cnn2c1-c1c(F)cc(F)cc1F. The van der Waals surface area contributed by atoms with Gasteiger partial charge >= 0.3 is 0 Å². The first-order valence-corrected chi connectivity index (χ1v) is 11.6. The highest BCUT2D eigenvalue weighted by Gasteiger charge is 2.31. The van der Waals surface area contributed by atoms with Gasteiger partial charge in [0, 0.05) is 29.7 Å².